The Kier molecular flexibility index (Phi) is 5.05. The van der Waals surface area contributed by atoms with E-state index in [1.54, 1.807) is 0 Å². The molecule has 0 aliphatic carbocycles. The van der Waals surface area contributed by atoms with Crippen molar-refractivity contribution >= 4 is 11.4 Å². The summed E-state index contributed by atoms with van der Waals surface area (Å²) in [5, 5.41) is 12.6. The Hall–Kier alpha value is -1.26. The molecule has 2 N–H and O–H groups in total. The molecule has 2 rings (SSSR count). The van der Waals surface area contributed by atoms with Gasteiger partial charge in [0.2, 0.25) is 0 Å². The molecule has 0 radical (unpaired) electrons. The molecule has 1 saturated heterocycles. The van der Waals surface area contributed by atoms with Crippen molar-refractivity contribution in [1.29, 1.82) is 0 Å². The van der Waals surface area contributed by atoms with Crippen molar-refractivity contribution in [1.82, 2.24) is 4.90 Å². The molecule has 1 aliphatic rings. The molecule has 19 heavy (non-hydrogen) atoms. The van der Waals surface area contributed by atoms with E-state index in [-0.39, 0.29) is 6.61 Å². The number of rotatable bonds is 6. The summed E-state index contributed by atoms with van der Waals surface area (Å²) in [5.74, 6) is 0. The number of aliphatic hydroxyl groups excluding tert-OH is 1. The SMILES string of the molecule is CCN(CCO)c1ccc(NC2CCN(C)C2)cc1. The second-order valence-corrected chi connectivity index (χ2v) is 5.24. The molecule has 1 atom stereocenters. The maximum absolute atomic E-state index is 9.04. The molecule has 0 amide bonds. The molecule has 1 heterocycles. The Morgan fingerprint density at radius 1 is 1.37 bits per heavy atom. The highest BCUT2D eigenvalue weighted by atomic mass is 16.3. The summed E-state index contributed by atoms with van der Waals surface area (Å²) in [6.07, 6.45) is 1.21. The molecule has 4 heteroatoms. The van der Waals surface area contributed by atoms with Gasteiger partial charge in [-0.1, -0.05) is 0 Å². The molecule has 1 aromatic carbocycles. The van der Waals surface area contributed by atoms with Gasteiger partial charge in [0.15, 0.2) is 0 Å². The topological polar surface area (TPSA) is 38.7 Å². The van der Waals surface area contributed by atoms with E-state index in [0.717, 1.165) is 13.1 Å². The van der Waals surface area contributed by atoms with Crippen molar-refractivity contribution in [3.05, 3.63) is 24.3 Å². The van der Waals surface area contributed by atoms with Crippen LogP contribution < -0.4 is 10.2 Å². The van der Waals surface area contributed by atoms with Crippen LogP contribution in [0.5, 0.6) is 0 Å². The van der Waals surface area contributed by atoms with E-state index in [4.69, 9.17) is 5.11 Å². The standard InChI is InChI=1S/C15H25N3O/c1-3-18(10-11-19)15-6-4-13(5-7-15)16-14-8-9-17(2)12-14/h4-7,14,16,19H,3,8-12H2,1-2H3. The van der Waals surface area contributed by atoms with Gasteiger partial charge in [0, 0.05) is 37.1 Å². The van der Waals surface area contributed by atoms with Gasteiger partial charge < -0.3 is 20.2 Å². The minimum absolute atomic E-state index is 0.197. The number of hydrogen-bond acceptors (Lipinski definition) is 4. The van der Waals surface area contributed by atoms with Crippen LogP contribution in [0.25, 0.3) is 0 Å². The number of benzene rings is 1. The number of aliphatic hydroxyl groups is 1. The molecular formula is C15H25N3O. The third-order valence-electron chi connectivity index (χ3n) is 3.75. The zero-order valence-electron chi connectivity index (χ0n) is 12.0. The van der Waals surface area contributed by atoms with Gasteiger partial charge in [-0.3, -0.25) is 0 Å². The Balaban J connectivity index is 1.94. The number of nitrogens with one attached hydrogen (secondary N) is 1. The predicted molar refractivity (Wildman–Crippen MR) is 80.9 cm³/mol. The first-order valence-electron chi connectivity index (χ1n) is 7.14. The predicted octanol–water partition coefficient (Wildman–Crippen LogP) is 1.62. The summed E-state index contributed by atoms with van der Waals surface area (Å²) in [6.45, 7) is 6.21. The first-order valence-corrected chi connectivity index (χ1v) is 7.14. The monoisotopic (exact) mass is 263 g/mol. The number of nitrogens with zero attached hydrogens (tertiary/aromatic N) is 2. The van der Waals surface area contributed by atoms with Crippen LogP contribution in [0.4, 0.5) is 11.4 Å². The summed E-state index contributed by atoms with van der Waals surface area (Å²) < 4.78 is 0. The molecule has 4 nitrogen and oxygen atoms in total. The van der Waals surface area contributed by atoms with Crippen molar-refractivity contribution in [3.8, 4) is 0 Å². The lowest BCUT2D eigenvalue weighted by Gasteiger charge is -2.22. The number of likely N-dealkylation sites (N-methyl/N-ethyl adjacent to an activating group) is 2. The second kappa shape index (κ2) is 6.78. The maximum atomic E-state index is 9.04. The van der Waals surface area contributed by atoms with Gasteiger partial charge in [0.05, 0.1) is 6.61 Å². The zero-order valence-corrected chi connectivity index (χ0v) is 12.0. The Morgan fingerprint density at radius 3 is 2.63 bits per heavy atom. The van der Waals surface area contributed by atoms with Crippen LogP contribution in [0.15, 0.2) is 24.3 Å². The van der Waals surface area contributed by atoms with Crippen LogP contribution in [0.2, 0.25) is 0 Å². The zero-order chi connectivity index (χ0) is 13.7. The molecule has 0 aromatic heterocycles. The first-order chi connectivity index (χ1) is 9.22. The van der Waals surface area contributed by atoms with Gasteiger partial charge in [-0.2, -0.15) is 0 Å². The van der Waals surface area contributed by atoms with Gasteiger partial charge in [0.1, 0.15) is 0 Å². The summed E-state index contributed by atoms with van der Waals surface area (Å²) >= 11 is 0. The third-order valence-corrected chi connectivity index (χ3v) is 3.75. The molecule has 1 fully saturated rings. The van der Waals surface area contributed by atoms with E-state index in [9.17, 15) is 0 Å². The van der Waals surface area contributed by atoms with E-state index >= 15 is 0 Å². The number of hydrogen-bond donors (Lipinski definition) is 2. The lowest BCUT2D eigenvalue weighted by molar-refractivity contribution is 0.302. The van der Waals surface area contributed by atoms with Crippen LogP contribution in [0.3, 0.4) is 0 Å². The normalized spacial score (nSPS) is 19.6. The largest absolute Gasteiger partial charge is 0.395 e. The first kappa shape index (κ1) is 14.2. The summed E-state index contributed by atoms with van der Waals surface area (Å²) in [5.41, 5.74) is 2.36. The van der Waals surface area contributed by atoms with Crippen LogP contribution in [0, 0.1) is 0 Å². The van der Waals surface area contributed by atoms with E-state index in [2.05, 4.69) is 53.4 Å². The average Bonchev–Trinajstić information content (AvgIpc) is 2.82. The quantitative estimate of drug-likeness (QED) is 0.818. The highest BCUT2D eigenvalue weighted by molar-refractivity contribution is 5.55. The Morgan fingerprint density at radius 2 is 2.11 bits per heavy atom. The molecular weight excluding hydrogens is 238 g/mol. The van der Waals surface area contributed by atoms with Crippen molar-refractivity contribution in [2.75, 3.05) is 50.1 Å². The van der Waals surface area contributed by atoms with Gasteiger partial charge >= 0.3 is 0 Å². The second-order valence-electron chi connectivity index (χ2n) is 5.24. The van der Waals surface area contributed by atoms with Crippen LogP contribution >= 0.6 is 0 Å². The van der Waals surface area contributed by atoms with E-state index in [1.165, 1.54) is 24.3 Å². The van der Waals surface area contributed by atoms with Crippen LogP contribution in [0.1, 0.15) is 13.3 Å². The molecule has 0 saturated carbocycles. The van der Waals surface area contributed by atoms with Crippen LogP contribution in [-0.4, -0.2) is 55.9 Å². The van der Waals surface area contributed by atoms with Gasteiger partial charge in [-0.15, -0.1) is 0 Å². The highest BCUT2D eigenvalue weighted by Crippen LogP contribution is 2.20. The van der Waals surface area contributed by atoms with E-state index in [0.29, 0.717) is 12.6 Å². The molecule has 0 spiro atoms. The minimum Gasteiger partial charge on any atom is -0.395 e. The lowest BCUT2D eigenvalue weighted by atomic mass is 10.2. The molecule has 106 valence electrons. The molecule has 1 aliphatic heterocycles. The average molecular weight is 263 g/mol. The van der Waals surface area contributed by atoms with Gasteiger partial charge in [0.25, 0.3) is 0 Å². The molecule has 0 bridgehead atoms. The third kappa shape index (κ3) is 3.85. The van der Waals surface area contributed by atoms with Gasteiger partial charge in [-0.05, 0) is 51.2 Å². The van der Waals surface area contributed by atoms with E-state index < -0.39 is 0 Å². The minimum atomic E-state index is 0.197. The van der Waals surface area contributed by atoms with Crippen molar-refractivity contribution < 1.29 is 5.11 Å². The Labute approximate surface area is 116 Å². The number of anilines is 2. The Bertz CT molecular complexity index is 379. The summed E-state index contributed by atoms with van der Waals surface area (Å²) in [7, 11) is 2.17. The smallest absolute Gasteiger partial charge is 0.0606 e. The molecule has 1 aromatic rings. The van der Waals surface area contributed by atoms with Crippen molar-refractivity contribution in [3.63, 3.8) is 0 Å². The fourth-order valence-electron chi connectivity index (χ4n) is 2.65. The van der Waals surface area contributed by atoms with E-state index in [1.807, 2.05) is 0 Å². The maximum Gasteiger partial charge on any atom is 0.0606 e. The summed E-state index contributed by atoms with van der Waals surface area (Å²) in [4.78, 5) is 4.53. The fraction of sp³-hybridized carbons (Fsp3) is 0.600. The van der Waals surface area contributed by atoms with Crippen LogP contribution in [-0.2, 0) is 0 Å². The van der Waals surface area contributed by atoms with Crippen molar-refractivity contribution in [2.45, 2.75) is 19.4 Å². The van der Waals surface area contributed by atoms with Gasteiger partial charge in [-0.25, -0.2) is 0 Å². The fourth-order valence-corrected chi connectivity index (χ4v) is 2.65. The number of likely N-dealkylation sites (tertiary alicyclic amines) is 1. The molecule has 1 unspecified atom stereocenters. The highest BCUT2D eigenvalue weighted by Gasteiger charge is 2.18. The lowest BCUT2D eigenvalue weighted by Crippen LogP contribution is -2.26. The summed E-state index contributed by atoms with van der Waals surface area (Å²) in [6, 6.07) is 9.08. The van der Waals surface area contributed by atoms with Crippen molar-refractivity contribution in [2.24, 2.45) is 0 Å².